The van der Waals surface area contributed by atoms with E-state index in [1.165, 1.54) is 17.8 Å². The van der Waals surface area contributed by atoms with Crippen LogP contribution in [-0.2, 0) is 11.2 Å². The molecule has 2 aromatic carbocycles. The van der Waals surface area contributed by atoms with Gasteiger partial charge >= 0.3 is 0 Å². The molecule has 0 saturated carbocycles. The molecule has 5 nitrogen and oxygen atoms in total. The first-order chi connectivity index (χ1) is 15.2. The van der Waals surface area contributed by atoms with Gasteiger partial charge in [0.15, 0.2) is 5.16 Å². The zero-order valence-corrected chi connectivity index (χ0v) is 19.4. The van der Waals surface area contributed by atoms with Crippen LogP contribution in [0.5, 0.6) is 0 Å². The van der Waals surface area contributed by atoms with E-state index < -0.39 is 17.5 Å². The van der Waals surface area contributed by atoms with Crippen molar-refractivity contribution in [2.24, 2.45) is 0 Å². The fourth-order valence-corrected chi connectivity index (χ4v) is 5.54. The molecule has 0 radical (unpaired) electrons. The third-order valence-electron chi connectivity index (χ3n) is 4.88. The van der Waals surface area contributed by atoms with Gasteiger partial charge in [-0.05, 0) is 49.2 Å². The molecular weight excluding hydrogens is 452 g/mol. The topological polar surface area (TPSA) is 64.0 Å². The van der Waals surface area contributed by atoms with Crippen LogP contribution in [-0.4, -0.2) is 26.5 Å². The van der Waals surface area contributed by atoms with Crippen molar-refractivity contribution in [1.82, 2.24) is 9.55 Å². The molecule has 0 aliphatic carbocycles. The second-order valence-electron chi connectivity index (χ2n) is 7.75. The number of hydrogen-bond acceptors (Lipinski definition) is 5. The number of thioether (sulfide) groups is 2. The van der Waals surface area contributed by atoms with E-state index in [4.69, 9.17) is 4.98 Å². The van der Waals surface area contributed by atoms with Gasteiger partial charge in [-0.15, -0.1) is 11.8 Å². The number of nitrogens with one attached hydrogen (secondary N) is 1. The van der Waals surface area contributed by atoms with Crippen molar-refractivity contribution in [3.63, 3.8) is 0 Å². The lowest BCUT2D eigenvalue weighted by molar-refractivity contribution is -0.113. The second-order valence-corrected chi connectivity index (χ2v) is 10.1. The van der Waals surface area contributed by atoms with Crippen LogP contribution in [0.15, 0.2) is 51.2 Å². The van der Waals surface area contributed by atoms with Gasteiger partial charge in [0.1, 0.15) is 11.6 Å². The number of aryl methyl sites for hydroxylation is 2. The van der Waals surface area contributed by atoms with Crippen LogP contribution in [0.1, 0.15) is 23.7 Å². The van der Waals surface area contributed by atoms with Crippen LogP contribution in [0.3, 0.4) is 0 Å². The van der Waals surface area contributed by atoms with Gasteiger partial charge in [0.2, 0.25) is 5.91 Å². The molecule has 0 unspecified atom stereocenters. The Hall–Kier alpha value is -2.65. The summed E-state index contributed by atoms with van der Waals surface area (Å²) in [6.45, 7) is 5.96. The first kappa shape index (κ1) is 22.5. The lowest BCUT2D eigenvalue weighted by Crippen LogP contribution is -2.25. The summed E-state index contributed by atoms with van der Waals surface area (Å²) in [6, 6.07) is 8.79. The molecule has 0 saturated heterocycles. The largest absolute Gasteiger partial charge is 0.323 e. The van der Waals surface area contributed by atoms with E-state index >= 15 is 0 Å². The molecule has 0 bridgehead atoms. The van der Waals surface area contributed by atoms with Crippen molar-refractivity contribution in [3.8, 4) is 5.69 Å². The Morgan fingerprint density at radius 2 is 1.94 bits per heavy atom. The van der Waals surface area contributed by atoms with E-state index in [0.29, 0.717) is 28.2 Å². The number of carbonyl (C=O) groups is 1. The Bertz CT molecular complexity index is 1260. The molecule has 0 fully saturated rings. The van der Waals surface area contributed by atoms with E-state index in [0.717, 1.165) is 34.6 Å². The number of benzene rings is 2. The maximum absolute atomic E-state index is 13.9. The SMILES string of the molecule is Cc1cc(C)cc(-n2c(SCC(=O)Nc3ccc(F)cc3F)nc3c(c2=O)S[C@@H](C)C3)c1. The number of amides is 1. The first-order valence-electron chi connectivity index (χ1n) is 10.00. The molecule has 2 heterocycles. The molecule has 1 atom stereocenters. The summed E-state index contributed by atoms with van der Waals surface area (Å²) in [6.07, 6.45) is 0.684. The number of rotatable bonds is 5. The minimum atomic E-state index is -0.850. The molecule has 3 aromatic rings. The number of nitrogens with zero attached hydrogens (tertiary/aromatic N) is 2. The minimum absolute atomic E-state index is 0.0878. The summed E-state index contributed by atoms with van der Waals surface area (Å²) < 4.78 is 28.5. The molecule has 166 valence electrons. The summed E-state index contributed by atoms with van der Waals surface area (Å²) in [5, 5.41) is 3.10. The smallest absolute Gasteiger partial charge is 0.272 e. The van der Waals surface area contributed by atoms with Crippen LogP contribution in [0.25, 0.3) is 5.69 Å². The molecule has 1 aliphatic heterocycles. The van der Waals surface area contributed by atoms with E-state index in [-0.39, 0.29) is 22.2 Å². The monoisotopic (exact) mass is 473 g/mol. The molecular formula is C23H21F2N3O2S2. The summed E-state index contributed by atoms with van der Waals surface area (Å²) in [5.41, 5.74) is 3.19. The minimum Gasteiger partial charge on any atom is -0.323 e. The third-order valence-corrected chi connectivity index (χ3v) is 7.04. The van der Waals surface area contributed by atoms with Crippen LogP contribution < -0.4 is 10.9 Å². The number of hydrogen-bond donors (Lipinski definition) is 1. The zero-order valence-electron chi connectivity index (χ0n) is 17.7. The molecule has 9 heteroatoms. The second kappa shape index (κ2) is 9.07. The first-order valence-corrected chi connectivity index (χ1v) is 11.9. The highest BCUT2D eigenvalue weighted by Crippen LogP contribution is 2.35. The Balaban J connectivity index is 1.65. The standard InChI is InChI=1S/C23H21F2N3O2S2/c1-12-6-13(2)8-16(7-12)28-22(30)21-19(9-14(3)32-21)27-23(28)31-11-20(29)26-18-5-4-15(24)10-17(18)25/h4-8,10,14H,9,11H2,1-3H3,(H,26,29)/t14-/m0/s1. The summed E-state index contributed by atoms with van der Waals surface area (Å²) >= 11 is 2.62. The lowest BCUT2D eigenvalue weighted by Gasteiger charge is -2.15. The van der Waals surface area contributed by atoms with Crippen LogP contribution in [0.2, 0.25) is 0 Å². The molecule has 1 aromatic heterocycles. The Morgan fingerprint density at radius 3 is 2.62 bits per heavy atom. The Morgan fingerprint density at radius 1 is 1.22 bits per heavy atom. The van der Waals surface area contributed by atoms with E-state index in [2.05, 4.69) is 5.32 Å². The molecule has 1 N–H and O–H groups in total. The fourth-order valence-electron chi connectivity index (χ4n) is 3.61. The van der Waals surface area contributed by atoms with Crippen LogP contribution in [0.4, 0.5) is 14.5 Å². The average Bonchev–Trinajstić information content (AvgIpc) is 3.08. The number of aromatic nitrogens is 2. The highest BCUT2D eigenvalue weighted by Gasteiger charge is 2.27. The van der Waals surface area contributed by atoms with Crippen LogP contribution >= 0.6 is 23.5 Å². The lowest BCUT2D eigenvalue weighted by atomic mass is 10.1. The van der Waals surface area contributed by atoms with Crippen LogP contribution in [0, 0.1) is 25.5 Å². The summed E-state index contributed by atoms with van der Waals surface area (Å²) in [5.74, 6) is -2.14. The van der Waals surface area contributed by atoms with Gasteiger partial charge in [-0.3, -0.25) is 14.2 Å². The van der Waals surface area contributed by atoms with E-state index in [9.17, 15) is 18.4 Å². The quantitative estimate of drug-likeness (QED) is 0.422. The number of halogens is 2. The Labute approximate surface area is 192 Å². The van der Waals surface area contributed by atoms with E-state index in [1.807, 2.05) is 39.0 Å². The van der Waals surface area contributed by atoms with Gasteiger partial charge in [0.05, 0.1) is 27.7 Å². The number of fused-ring (bicyclic) bond motifs is 1. The van der Waals surface area contributed by atoms with Crippen molar-refractivity contribution in [2.75, 3.05) is 11.1 Å². The van der Waals surface area contributed by atoms with Crippen molar-refractivity contribution in [2.45, 2.75) is 42.5 Å². The van der Waals surface area contributed by atoms with Crippen molar-refractivity contribution in [1.29, 1.82) is 0 Å². The van der Waals surface area contributed by atoms with Gasteiger partial charge in [0, 0.05) is 17.7 Å². The molecule has 32 heavy (non-hydrogen) atoms. The maximum atomic E-state index is 13.9. The maximum Gasteiger partial charge on any atom is 0.272 e. The highest BCUT2D eigenvalue weighted by atomic mass is 32.2. The number of anilines is 1. The van der Waals surface area contributed by atoms with Gasteiger partial charge in [-0.2, -0.15) is 0 Å². The molecule has 1 amide bonds. The van der Waals surface area contributed by atoms with Gasteiger partial charge < -0.3 is 5.32 Å². The normalized spacial score (nSPS) is 15.0. The fraction of sp³-hybridized carbons (Fsp3) is 0.261. The Kier molecular flexibility index (Phi) is 6.39. The van der Waals surface area contributed by atoms with Gasteiger partial charge in [0.25, 0.3) is 5.56 Å². The summed E-state index contributed by atoms with van der Waals surface area (Å²) in [7, 11) is 0. The number of carbonyl (C=O) groups excluding carboxylic acids is 1. The predicted octanol–water partition coefficient (Wildman–Crippen LogP) is 4.90. The van der Waals surface area contributed by atoms with Crippen molar-refractivity contribution in [3.05, 3.63) is 75.2 Å². The van der Waals surface area contributed by atoms with Crippen molar-refractivity contribution >= 4 is 35.1 Å². The average molecular weight is 474 g/mol. The molecule has 0 spiro atoms. The third kappa shape index (κ3) is 4.73. The zero-order chi connectivity index (χ0) is 23.0. The van der Waals surface area contributed by atoms with Gasteiger partial charge in [-0.1, -0.05) is 24.8 Å². The van der Waals surface area contributed by atoms with Gasteiger partial charge in [-0.25, -0.2) is 13.8 Å². The molecule has 4 rings (SSSR count). The highest BCUT2D eigenvalue weighted by molar-refractivity contribution is 8.00. The summed E-state index contributed by atoms with van der Waals surface area (Å²) in [4.78, 5) is 31.2. The van der Waals surface area contributed by atoms with E-state index in [1.54, 1.807) is 4.57 Å². The van der Waals surface area contributed by atoms with Crippen molar-refractivity contribution < 1.29 is 13.6 Å². The molecule has 1 aliphatic rings. The predicted molar refractivity (Wildman–Crippen MR) is 124 cm³/mol.